The number of carbonyl (C=O) groups excluding carboxylic acids is 1. The van der Waals surface area contributed by atoms with Crippen LogP contribution < -0.4 is 4.90 Å². The number of nitrogens with zero attached hydrogens (tertiary/aromatic N) is 6. The van der Waals surface area contributed by atoms with Crippen LogP contribution in [-0.2, 0) is 18.3 Å². The summed E-state index contributed by atoms with van der Waals surface area (Å²) in [5.41, 5.74) is 3.08. The van der Waals surface area contributed by atoms with Gasteiger partial charge in [0.05, 0.1) is 12.1 Å². The number of likely N-dealkylation sites (tertiary alicyclic amines) is 1. The average molecular weight is 342 g/mol. The lowest BCUT2D eigenvalue weighted by molar-refractivity contribution is -0.131. The van der Waals surface area contributed by atoms with Gasteiger partial charge in [0.1, 0.15) is 0 Å². The Morgan fingerprint density at radius 1 is 1.32 bits per heavy atom. The standard InChI is InChI=1S/C18H26N6O/c1-13-16(14(2)23(4)21-13)12-18(25)24-10-7-15(8-11-24)22(3)17-6-5-9-19-20-17/h5-6,9,15H,7-8,10-12H2,1-4H3. The number of amides is 1. The lowest BCUT2D eigenvalue weighted by atomic mass is 10.0. The van der Waals surface area contributed by atoms with Crippen molar-refractivity contribution in [1.82, 2.24) is 24.9 Å². The zero-order valence-electron chi connectivity index (χ0n) is 15.4. The molecule has 3 rings (SSSR count). The Bertz CT molecular complexity index is 734. The van der Waals surface area contributed by atoms with Crippen LogP contribution in [0.1, 0.15) is 29.8 Å². The zero-order valence-corrected chi connectivity index (χ0v) is 15.4. The molecule has 1 amide bonds. The third-order valence-electron chi connectivity index (χ3n) is 5.27. The third kappa shape index (κ3) is 3.65. The third-order valence-corrected chi connectivity index (χ3v) is 5.27. The summed E-state index contributed by atoms with van der Waals surface area (Å²) in [5.74, 6) is 1.08. The van der Waals surface area contributed by atoms with E-state index in [1.807, 2.05) is 42.6 Å². The second-order valence-corrected chi connectivity index (χ2v) is 6.75. The Labute approximate surface area is 148 Å². The lowest BCUT2D eigenvalue weighted by Gasteiger charge is -2.37. The van der Waals surface area contributed by atoms with Crippen molar-refractivity contribution in [1.29, 1.82) is 0 Å². The first kappa shape index (κ1) is 17.4. The minimum atomic E-state index is 0.194. The maximum absolute atomic E-state index is 12.7. The summed E-state index contributed by atoms with van der Waals surface area (Å²) in [4.78, 5) is 16.8. The Kier molecular flexibility index (Phi) is 5.01. The fraction of sp³-hybridized carbons (Fsp3) is 0.556. The molecule has 0 radical (unpaired) electrons. The highest BCUT2D eigenvalue weighted by molar-refractivity contribution is 5.79. The van der Waals surface area contributed by atoms with E-state index in [2.05, 4.69) is 27.2 Å². The molecule has 0 unspecified atom stereocenters. The summed E-state index contributed by atoms with van der Waals surface area (Å²) in [5, 5.41) is 12.5. The molecule has 0 aromatic carbocycles. The Morgan fingerprint density at radius 2 is 2.04 bits per heavy atom. The first-order chi connectivity index (χ1) is 12.0. The first-order valence-electron chi connectivity index (χ1n) is 8.74. The molecular weight excluding hydrogens is 316 g/mol. The molecule has 7 nitrogen and oxygen atoms in total. The number of hydrogen-bond acceptors (Lipinski definition) is 5. The topological polar surface area (TPSA) is 67.2 Å². The Balaban J connectivity index is 1.57. The fourth-order valence-corrected chi connectivity index (χ4v) is 3.51. The number of aromatic nitrogens is 4. The van der Waals surface area contributed by atoms with E-state index in [0.29, 0.717) is 12.5 Å². The van der Waals surface area contributed by atoms with Gasteiger partial charge in [0.15, 0.2) is 5.82 Å². The van der Waals surface area contributed by atoms with Crippen LogP contribution in [0.2, 0.25) is 0 Å². The maximum Gasteiger partial charge on any atom is 0.227 e. The quantitative estimate of drug-likeness (QED) is 0.842. The van der Waals surface area contributed by atoms with Crippen molar-refractivity contribution in [3.05, 3.63) is 35.3 Å². The van der Waals surface area contributed by atoms with E-state index in [1.165, 1.54) is 0 Å². The van der Waals surface area contributed by atoms with Crippen molar-refractivity contribution < 1.29 is 4.79 Å². The molecule has 0 saturated carbocycles. The van der Waals surface area contributed by atoms with E-state index in [4.69, 9.17) is 0 Å². The number of aryl methyl sites for hydroxylation is 2. The van der Waals surface area contributed by atoms with Crippen LogP contribution in [0.15, 0.2) is 18.3 Å². The summed E-state index contributed by atoms with van der Waals surface area (Å²) >= 11 is 0. The van der Waals surface area contributed by atoms with E-state index in [1.54, 1.807) is 6.20 Å². The van der Waals surface area contributed by atoms with E-state index in [-0.39, 0.29) is 5.91 Å². The van der Waals surface area contributed by atoms with E-state index >= 15 is 0 Å². The van der Waals surface area contributed by atoms with Gasteiger partial charge < -0.3 is 9.80 Å². The molecule has 3 heterocycles. The van der Waals surface area contributed by atoms with Gasteiger partial charge in [-0.05, 0) is 38.8 Å². The molecular formula is C18H26N6O. The highest BCUT2D eigenvalue weighted by Gasteiger charge is 2.27. The van der Waals surface area contributed by atoms with Gasteiger partial charge in [-0.1, -0.05) is 0 Å². The number of carbonyl (C=O) groups is 1. The van der Waals surface area contributed by atoms with Crippen LogP contribution in [-0.4, -0.2) is 57.0 Å². The summed E-state index contributed by atoms with van der Waals surface area (Å²) in [6, 6.07) is 4.26. The van der Waals surface area contributed by atoms with Crippen molar-refractivity contribution in [2.75, 3.05) is 25.0 Å². The Morgan fingerprint density at radius 3 is 2.60 bits per heavy atom. The first-order valence-corrected chi connectivity index (χ1v) is 8.74. The van der Waals surface area contributed by atoms with E-state index < -0.39 is 0 Å². The van der Waals surface area contributed by atoms with Gasteiger partial charge in [-0.2, -0.15) is 10.2 Å². The molecule has 0 spiro atoms. The molecule has 1 saturated heterocycles. The van der Waals surface area contributed by atoms with E-state index in [0.717, 1.165) is 48.7 Å². The van der Waals surface area contributed by atoms with Gasteiger partial charge in [0, 0.05) is 50.7 Å². The molecule has 0 N–H and O–H groups in total. The SMILES string of the molecule is Cc1nn(C)c(C)c1CC(=O)N1CCC(N(C)c2cccnn2)CC1. The predicted molar refractivity (Wildman–Crippen MR) is 96.4 cm³/mol. The van der Waals surface area contributed by atoms with Gasteiger partial charge in [-0.15, -0.1) is 5.10 Å². The molecule has 134 valence electrons. The second-order valence-electron chi connectivity index (χ2n) is 6.75. The van der Waals surface area contributed by atoms with Crippen LogP contribution in [0.5, 0.6) is 0 Å². The van der Waals surface area contributed by atoms with Crippen LogP contribution in [0.4, 0.5) is 5.82 Å². The van der Waals surface area contributed by atoms with Gasteiger partial charge >= 0.3 is 0 Å². The summed E-state index contributed by atoms with van der Waals surface area (Å²) in [6.07, 6.45) is 4.02. The van der Waals surface area contributed by atoms with Gasteiger partial charge in [0.2, 0.25) is 5.91 Å². The molecule has 0 atom stereocenters. The second kappa shape index (κ2) is 7.21. The van der Waals surface area contributed by atoms with Gasteiger partial charge in [-0.3, -0.25) is 9.48 Å². The van der Waals surface area contributed by atoms with Crippen molar-refractivity contribution in [3.8, 4) is 0 Å². The van der Waals surface area contributed by atoms with Crippen LogP contribution in [0, 0.1) is 13.8 Å². The monoisotopic (exact) mass is 342 g/mol. The largest absolute Gasteiger partial charge is 0.355 e. The molecule has 2 aromatic heterocycles. The molecule has 0 bridgehead atoms. The van der Waals surface area contributed by atoms with Gasteiger partial charge in [0.25, 0.3) is 0 Å². The van der Waals surface area contributed by atoms with Crippen molar-refractivity contribution >= 4 is 11.7 Å². The van der Waals surface area contributed by atoms with E-state index in [9.17, 15) is 4.79 Å². The van der Waals surface area contributed by atoms with Crippen LogP contribution >= 0.6 is 0 Å². The molecule has 2 aromatic rings. The number of hydrogen-bond donors (Lipinski definition) is 0. The maximum atomic E-state index is 12.7. The number of piperidine rings is 1. The molecule has 25 heavy (non-hydrogen) atoms. The molecule has 1 fully saturated rings. The average Bonchev–Trinajstić information content (AvgIpc) is 2.88. The summed E-state index contributed by atoms with van der Waals surface area (Å²) in [7, 11) is 3.97. The molecule has 1 aliphatic rings. The number of anilines is 1. The summed E-state index contributed by atoms with van der Waals surface area (Å²) < 4.78 is 1.85. The molecule has 0 aliphatic carbocycles. The van der Waals surface area contributed by atoms with Crippen molar-refractivity contribution in [2.24, 2.45) is 7.05 Å². The molecule has 1 aliphatic heterocycles. The minimum absolute atomic E-state index is 0.194. The highest BCUT2D eigenvalue weighted by atomic mass is 16.2. The smallest absolute Gasteiger partial charge is 0.227 e. The molecule has 7 heteroatoms. The van der Waals surface area contributed by atoms with Crippen LogP contribution in [0.25, 0.3) is 0 Å². The van der Waals surface area contributed by atoms with Crippen molar-refractivity contribution in [3.63, 3.8) is 0 Å². The fourth-order valence-electron chi connectivity index (χ4n) is 3.51. The van der Waals surface area contributed by atoms with Gasteiger partial charge in [-0.25, -0.2) is 0 Å². The Hall–Kier alpha value is -2.44. The predicted octanol–water partition coefficient (Wildman–Crippen LogP) is 1.50. The summed E-state index contributed by atoms with van der Waals surface area (Å²) in [6.45, 7) is 5.56. The normalized spacial score (nSPS) is 15.4. The highest BCUT2D eigenvalue weighted by Crippen LogP contribution is 2.21. The number of rotatable bonds is 4. The van der Waals surface area contributed by atoms with Crippen molar-refractivity contribution in [2.45, 2.75) is 39.2 Å². The lowest BCUT2D eigenvalue weighted by Crippen LogP contribution is -2.46. The minimum Gasteiger partial charge on any atom is -0.355 e. The zero-order chi connectivity index (χ0) is 18.0. The van der Waals surface area contributed by atoms with Crippen LogP contribution in [0.3, 0.4) is 0 Å².